The van der Waals surface area contributed by atoms with Crippen LogP contribution >= 0.6 is 0 Å². The Balaban J connectivity index is 1.48. The third-order valence-corrected chi connectivity index (χ3v) is 8.19. The fourth-order valence-corrected chi connectivity index (χ4v) is 6.68. The van der Waals surface area contributed by atoms with Crippen molar-refractivity contribution in [2.45, 2.75) is 108 Å². The SMILES string of the molecule is CC(=O)N1C2CCC(N(C)CC3CCCCC3)CC2N(C(=O)C2CCCO2)C[C@@H]1C. The van der Waals surface area contributed by atoms with Gasteiger partial charge in [-0.25, -0.2) is 0 Å². The highest BCUT2D eigenvalue weighted by Crippen LogP contribution is 2.36. The minimum atomic E-state index is -0.276. The van der Waals surface area contributed by atoms with Crippen LogP contribution in [0.25, 0.3) is 0 Å². The smallest absolute Gasteiger partial charge is 0.252 e. The lowest BCUT2D eigenvalue weighted by atomic mass is 9.80. The molecule has 2 aliphatic carbocycles. The molecule has 0 spiro atoms. The quantitative estimate of drug-likeness (QED) is 0.703. The van der Waals surface area contributed by atoms with E-state index in [1.807, 2.05) is 0 Å². The lowest BCUT2D eigenvalue weighted by molar-refractivity contribution is -0.160. The first kappa shape index (κ1) is 22.1. The summed E-state index contributed by atoms with van der Waals surface area (Å²) in [6.07, 6.45) is 11.5. The standard InChI is InChI=1S/C24H41N3O3/c1-17-15-26(24(29)23-10-7-13-30-23)22-14-20(11-12-21(22)27(17)18(2)28)25(3)16-19-8-5-4-6-9-19/h17,19-23H,4-16H2,1-3H3/t17-,20?,21?,22?,23?/m0/s1. The van der Waals surface area contributed by atoms with Crippen LogP contribution < -0.4 is 0 Å². The van der Waals surface area contributed by atoms with E-state index in [9.17, 15) is 9.59 Å². The molecule has 0 bridgehead atoms. The summed E-state index contributed by atoms with van der Waals surface area (Å²) >= 11 is 0. The summed E-state index contributed by atoms with van der Waals surface area (Å²) in [4.78, 5) is 32.6. The van der Waals surface area contributed by atoms with Crippen molar-refractivity contribution in [1.82, 2.24) is 14.7 Å². The molecule has 170 valence electrons. The Hall–Kier alpha value is -1.14. The molecule has 2 aliphatic heterocycles. The molecule has 30 heavy (non-hydrogen) atoms. The Kier molecular flexibility index (Phi) is 7.03. The molecule has 2 heterocycles. The molecule has 2 saturated carbocycles. The van der Waals surface area contributed by atoms with Crippen LogP contribution in [-0.4, -0.2) is 83.5 Å². The number of nitrogens with zero attached hydrogens (tertiary/aromatic N) is 3. The van der Waals surface area contributed by atoms with Gasteiger partial charge in [-0.05, 0) is 64.8 Å². The first-order valence-electron chi connectivity index (χ1n) is 12.4. The van der Waals surface area contributed by atoms with Gasteiger partial charge in [0.1, 0.15) is 6.10 Å². The van der Waals surface area contributed by atoms with Gasteiger partial charge in [-0.15, -0.1) is 0 Å². The molecule has 0 aromatic rings. The predicted molar refractivity (Wildman–Crippen MR) is 117 cm³/mol. The van der Waals surface area contributed by atoms with Crippen LogP contribution in [0.15, 0.2) is 0 Å². The molecule has 2 saturated heterocycles. The van der Waals surface area contributed by atoms with Crippen LogP contribution in [-0.2, 0) is 14.3 Å². The Morgan fingerprint density at radius 2 is 1.77 bits per heavy atom. The number of amides is 2. The van der Waals surface area contributed by atoms with Crippen molar-refractivity contribution in [1.29, 1.82) is 0 Å². The second-order valence-electron chi connectivity index (χ2n) is 10.3. The van der Waals surface area contributed by atoms with E-state index >= 15 is 0 Å². The van der Waals surface area contributed by atoms with Crippen LogP contribution in [0.4, 0.5) is 0 Å². The van der Waals surface area contributed by atoms with Crippen molar-refractivity contribution in [3.05, 3.63) is 0 Å². The highest BCUT2D eigenvalue weighted by molar-refractivity contribution is 5.82. The van der Waals surface area contributed by atoms with Crippen LogP contribution in [0, 0.1) is 5.92 Å². The maximum absolute atomic E-state index is 13.4. The Morgan fingerprint density at radius 3 is 2.43 bits per heavy atom. The maximum Gasteiger partial charge on any atom is 0.252 e. The van der Waals surface area contributed by atoms with E-state index in [4.69, 9.17) is 4.74 Å². The Bertz CT molecular complexity index is 615. The second kappa shape index (κ2) is 9.56. The van der Waals surface area contributed by atoms with Crippen molar-refractivity contribution in [2.75, 3.05) is 26.7 Å². The number of carbonyl (C=O) groups excluding carboxylic acids is 2. The van der Waals surface area contributed by atoms with E-state index in [-0.39, 0.29) is 36.0 Å². The topological polar surface area (TPSA) is 53.1 Å². The molecule has 0 N–H and O–H groups in total. The summed E-state index contributed by atoms with van der Waals surface area (Å²) < 4.78 is 5.75. The van der Waals surface area contributed by atoms with Gasteiger partial charge < -0.3 is 19.4 Å². The number of hydrogen-bond donors (Lipinski definition) is 0. The largest absolute Gasteiger partial charge is 0.368 e. The zero-order valence-corrected chi connectivity index (χ0v) is 19.2. The summed E-state index contributed by atoms with van der Waals surface area (Å²) in [5.74, 6) is 1.13. The lowest BCUT2D eigenvalue weighted by Crippen LogP contribution is -2.69. The molecule has 4 unspecified atom stereocenters. The minimum Gasteiger partial charge on any atom is -0.368 e. The van der Waals surface area contributed by atoms with Gasteiger partial charge in [0, 0.05) is 38.7 Å². The first-order valence-corrected chi connectivity index (χ1v) is 12.4. The molecule has 4 fully saturated rings. The Labute approximate surface area is 182 Å². The maximum atomic E-state index is 13.4. The summed E-state index contributed by atoms with van der Waals surface area (Å²) in [5.41, 5.74) is 0. The van der Waals surface area contributed by atoms with E-state index in [0.717, 1.165) is 38.0 Å². The number of rotatable bonds is 4. The van der Waals surface area contributed by atoms with Gasteiger partial charge in [0.05, 0.1) is 12.1 Å². The van der Waals surface area contributed by atoms with Crippen LogP contribution in [0.5, 0.6) is 0 Å². The number of fused-ring (bicyclic) bond motifs is 1. The average molecular weight is 420 g/mol. The molecule has 2 amide bonds. The third-order valence-electron chi connectivity index (χ3n) is 8.19. The number of ether oxygens (including phenoxy) is 1. The van der Waals surface area contributed by atoms with E-state index in [0.29, 0.717) is 19.2 Å². The highest BCUT2D eigenvalue weighted by atomic mass is 16.5. The third kappa shape index (κ3) is 4.55. The lowest BCUT2D eigenvalue weighted by Gasteiger charge is -2.55. The van der Waals surface area contributed by atoms with E-state index < -0.39 is 0 Å². The number of hydrogen-bond acceptors (Lipinski definition) is 4. The zero-order valence-electron chi connectivity index (χ0n) is 19.2. The number of carbonyl (C=O) groups is 2. The van der Waals surface area contributed by atoms with Gasteiger partial charge in [-0.3, -0.25) is 9.59 Å². The van der Waals surface area contributed by atoms with E-state index in [1.165, 1.54) is 38.6 Å². The molecule has 0 aromatic carbocycles. The molecule has 5 atom stereocenters. The Morgan fingerprint density at radius 1 is 1.00 bits per heavy atom. The fourth-order valence-electron chi connectivity index (χ4n) is 6.68. The molecule has 6 nitrogen and oxygen atoms in total. The van der Waals surface area contributed by atoms with Gasteiger partial charge in [-0.2, -0.15) is 0 Å². The second-order valence-corrected chi connectivity index (χ2v) is 10.3. The predicted octanol–water partition coefficient (Wildman–Crippen LogP) is 3.05. The normalized spacial score (nSPS) is 35.5. The number of piperazine rings is 1. The first-order chi connectivity index (χ1) is 14.5. The molecular formula is C24H41N3O3. The van der Waals surface area contributed by atoms with Gasteiger partial charge >= 0.3 is 0 Å². The van der Waals surface area contributed by atoms with Gasteiger partial charge in [0.2, 0.25) is 5.91 Å². The van der Waals surface area contributed by atoms with Crippen molar-refractivity contribution in [2.24, 2.45) is 5.92 Å². The van der Waals surface area contributed by atoms with Crippen molar-refractivity contribution in [3.63, 3.8) is 0 Å². The average Bonchev–Trinajstić information content (AvgIpc) is 3.27. The molecule has 0 radical (unpaired) electrons. The fraction of sp³-hybridized carbons (Fsp3) is 0.917. The summed E-state index contributed by atoms with van der Waals surface area (Å²) in [6.45, 7) is 6.29. The van der Waals surface area contributed by atoms with Gasteiger partial charge in [-0.1, -0.05) is 19.3 Å². The van der Waals surface area contributed by atoms with Crippen LogP contribution in [0.2, 0.25) is 0 Å². The van der Waals surface area contributed by atoms with Crippen LogP contribution in [0.3, 0.4) is 0 Å². The van der Waals surface area contributed by atoms with Crippen molar-refractivity contribution in [3.8, 4) is 0 Å². The molecule has 0 aromatic heterocycles. The van der Waals surface area contributed by atoms with E-state index in [1.54, 1.807) is 6.92 Å². The van der Waals surface area contributed by atoms with Crippen molar-refractivity contribution >= 4 is 11.8 Å². The van der Waals surface area contributed by atoms with Gasteiger partial charge in [0.25, 0.3) is 5.91 Å². The molecule has 4 aliphatic rings. The summed E-state index contributed by atoms with van der Waals surface area (Å²) in [7, 11) is 2.28. The zero-order chi connectivity index (χ0) is 21.3. The molecular weight excluding hydrogens is 378 g/mol. The summed E-state index contributed by atoms with van der Waals surface area (Å²) in [5, 5.41) is 0. The molecule has 6 heteroatoms. The van der Waals surface area contributed by atoms with E-state index in [2.05, 4.69) is 28.7 Å². The van der Waals surface area contributed by atoms with Crippen molar-refractivity contribution < 1.29 is 14.3 Å². The summed E-state index contributed by atoms with van der Waals surface area (Å²) in [6, 6.07) is 0.839. The van der Waals surface area contributed by atoms with Crippen LogP contribution in [0.1, 0.15) is 78.1 Å². The molecule has 4 rings (SSSR count). The van der Waals surface area contributed by atoms with Gasteiger partial charge in [0.15, 0.2) is 0 Å². The monoisotopic (exact) mass is 419 g/mol. The minimum absolute atomic E-state index is 0.0746. The highest BCUT2D eigenvalue weighted by Gasteiger charge is 2.48.